The molecule has 0 aromatic heterocycles. The van der Waals surface area contributed by atoms with Gasteiger partial charge in [-0.15, -0.1) is 0 Å². The average Bonchev–Trinajstić information content (AvgIpc) is 2.45. The van der Waals surface area contributed by atoms with Gasteiger partial charge in [-0.1, -0.05) is 65.0 Å². The van der Waals surface area contributed by atoms with Crippen LogP contribution in [-0.2, 0) is 0 Å². The molecule has 0 saturated heterocycles. The van der Waals surface area contributed by atoms with E-state index in [2.05, 4.69) is 26.8 Å². The summed E-state index contributed by atoms with van der Waals surface area (Å²) >= 11 is 0. The summed E-state index contributed by atoms with van der Waals surface area (Å²) in [4.78, 5) is 0. The van der Waals surface area contributed by atoms with E-state index in [0.717, 1.165) is 12.0 Å². The molecule has 1 heteroatoms. The Kier molecular flexibility index (Phi) is 10.9. The van der Waals surface area contributed by atoms with Gasteiger partial charge in [-0.3, -0.25) is 0 Å². The van der Waals surface area contributed by atoms with Gasteiger partial charge in [0.15, 0.2) is 0 Å². The Labute approximate surface area is 131 Å². The number of rotatable bonds is 9. The Bertz CT molecular complexity index is 418. The van der Waals surface area contributed by atoms with Crippen LogP contribution in [-0.4, -0.2) is 0 Å². The highest BCUT2D eigenvalue weighted by Crippen LogP contribution is 2.25. The van der Waals surface area contributed by atoms with Crippen molar-refractivity contribution in [3.63, 3.8) is 0 Å². The molecule has 0 N–H and O–H groups in total. The Balaban J connectivity index is 0.00000400. The number of benzene rings is 1. The van der Waals surface area contributed by atoms with E-state index in [1.54, 1.807) is 12.1 Å². The molecule has 0 amide bonds. The van der Waals surface area contributed by atoms with E-state index >= 15 is 0 Å². The largest absolute Gasteiger partial charge is 0.207 e. The Morgan fingerprint density at radius 2 is 1.67 bits per heavy atom. The summed E-state index contributed by atoms with van der Waals surface area (Å²) in [6.07, 6.45) is 12.4. The SMILES string of the molecule is C.C/C=C(/CCCCCCCCC)c1cc(F)ccc1C. The van der Waals surface area contributed by atoms with Gasteiger partial charge in [0.25, 0.3) is 0 Å². The van der Waals surface area contributed by atoms with Crippen LogP contribution < -0.4 is 0 Å². The minimum Gasteiger partial charge on any atom is -0.207 e. The molecule has 0 atom stereocenters. The van der Waals surface area contributed by atoms with E-state index in [1.807, 2.05) is 6.07 Å². The predicted molar refractivity (Wildman–Crippen MR) is 94.1 cm³/mol. The molecule has 0 radical (unpaired) electrons. The van der Waals surface area contributed by atoms with Crippen LogP contribution in [0.25, 0.3) is 5.57 Å². The number of hydrogen-bond acceptors (Lipinski definition) is 0. The molecule has 0 saturated carbocycles. The first-order valence-electron chi connectivity index (χ1n) is 8.10. The van der Waals surface area contributed by atoms with E-state index in [1.165, 1.54) is 56.1 Å². The van der Waals surface area contributed by atoms with Crippen molar-refractivity contribution in [2.75, 3.05) is 0 Å². The fourth-order valence-corrected chi connectivity index (χ4v) is 2.65. The summed E-state index contributed by atoms with van der Waals surface area (Å²) in [7, 11) is 0. The molecule has 1 aromatic carbocycles. The van der Waals surface area contributed by atoms with Gasteiger partial charge < -0.3 is 0 Å². The zero-order chi connectivity index (χ0) is 14.8. The molecular formula is C20H33F. The Hall–Kier alpha value is -1.11. The predicted octanol–water partition coefficient (Wildman–Crippen LogP) is 7.31. The second-order valence-electron chi connectivity index (χ2n) is 5.64. The van der Waals surface area contributed by atoms with E-state index < -0.39 is 0 Å². The van der Waals surface area contributed by atoms with E-state index in [0.29, 0.717) is 0 Å². The highest BCUT2D eigenvalue weighted by atomic mass is 19.1. The number of unbranched alkanes of at least 4 members (excludes halogenated alkanes) is 6. The molecule has 0 heterocycles. The minimum atomic E-state index is -0.135. The maximum Gasteiger partial charge on any atom is 0.123 e. The van der Waals surface area contributed by atoms with Gasteiger partial charge in [-0.05, 0) is 55.5 Å². The quantitative estimate of drug-likeness (QED) is 0.418. The van der Waals surface area contributed by atoms with Crippen LogP contribution in [0.5, 0.6) is 0 Å². The molecule has 1 rings (SSSR count). The van der Waals surface area contributed by atoms with E-state index in [-0.39, 0.29) is 13.2 Å². The van der Waals surface area contributed by atoms with Gasteiger partial charge in [0.1, 0.15) is 5.82 Å². The van der Waals surface area contributed by atoms with Crippen molar-refractivity contribution in [1.29, 1.82) is 0 Å². The topological polar surface area (TPSA) is 0 Å². The molecule has 0 aliphatic carbocycles. The standard InChI is InChI=1S/C19H29F.CH4/c1-4-6-7-8-9-10-11-12-17(5-2)19-15-18(20)14-13-16(19)3;/h5,13-15H,4,6-12H2,1-3H3;1H4/b17-5-;. The maximum atomic E-state index is 13.4. The van der Waals surface area contributed by atoms with Gasteiger partial charge in [0.05, 0.1) is 0 Å². The molecule has 0 fully saturated rings. The van der Waals surface area contributed by atoms with Crippen molar-refractivity contribution >= 4 is 5.57 Å². The number of halogens is 1. The van der Waals surface area contributed by atoms with Crippen molar-refractivity contribution in [2.24, 2.45) is 0 Å². The van der Waals surface area contributed by atoms with Gasteiger partial charge in [-0.25, -0.2) is 4.39 Å². The summed E-state index contributed by atoms with van der Waals surface area (Å²) in [6, 6.07) is 5.09. The highest BCUT2D eigenvalue weighted by molar-refractivity contribution is 5.67. The van der Waals surface area contributed by atoms with Crippen molar-refractivity contribution < 1.29 is 4.39 Å². The lowest BCUT2D eigenvalue weighted by Crippen LogP contribution is -1.91. The van der Waals surface area contributed by atoms with Gasteiger partial charge >= 0.3 is 0 Å². The van der Waals surface area contributed by atoms with Crippen LogP contribution in [0.3, 0.4) is 0 Å². The van der Waals surface area contributed by atoms with Crippen molar-refractivity contribution in [3.05, 3.63) is 41.2 Å². The number of aryl methyl sites for hydroxylation is 1. The average molecular weight is 292 g/mol. The highest BCUT2D eigenvalue weighted by Gasteiger charge is 2.06. The second-order valence-corrected chi connectivity index (χ2v) is 5.64. The van der Waals surface area contributed by atoms with Crippen molar-refractivity contribution in [3.8, 4) is 0 Å². The Morgan fingerprint density at radius 1 is 1.05 bits per heavy atom. The first-order valence-corrected chi connectivity index (χ1v) is 8.10. The number of allylic oxidation sites excluding steroid dienone is 2. The maximum absolute atomic E-state index is 13.4. The summed E-state index contributed by atoms with van der Waals surface area (Å²) in [5.74, 6) is -0.135. The second kappa shape index (κ2) is 11.5. The van der Waals surface area contributed by atoms with Crippen LogP contribution in [0, 0.1) is 12.7 Å². The summed E-state index contributed by atoms with van der Waals surface area (Å²) in [6.45, 7) is 6.36. The lowest BCUT2D eigenvalue weighted by Gasteiger charge is -2.11. The lowest BCUT2D eigenvalue weighted by atomic mass is 9.95. The van der Waals surface area contributed by atoms with Gasteiger partial charge in [0, 0.05) is 0 Å². The molecule has 21 heavy (non-hydrogen) atoms. The summed E-state index contributed by atoms with van der Waals surface area (Å²) in [5.41, 5.74) is 3.54. The zero-order valence-corrected chi connectivity index (χ0v) is 13.3. The zero-order valence-electron chi connectivity index (χ0n) is 13.3. The fraction of sp³-hybridized carbons (Fsp3) is 0.600. The minimum absolute atomic E-state index is 0. The van der Waals surface area contributed by atoms with Crippen LogP contribution in [0.4, 0.5) is 4.39 Å². The molecule has 0 spiro atoms. The molecule has 1 aromatic rings. The molecule has 0 unspecified atom stereocenters. The molecule has 0 aliphatic rings. The van der Waals surface area contributed by atoms with E-state index in [4.69, 9.17) is 0 Å². The summed E-state index contributed by atoms with van der Waals surface area (Å²) in [5, 5.41) is 0. The summed E-state index contributed by atoms with van der Waals surface area (Å²) < 4.78 is 13.4. The first kappa shape index (κ1) is 19.9. The van der Waals surface area contributed by atoms with Crippen molar-refractivity contribution in [1.82, 2.24) is 0 Å². The van der Waals surface area contributed by atoms with E-state index in [9.17, 15) is 4.39 Å². The molecule has 120 valence electrons. The fourth-order valence-electron chi connectivity index (χ4n) is 2.65. The third kappa shape index (κ3) is 7.45. The smallest absolute Gasteiger partial charge is 0.123 e. The van der Waals surface area contributed by atoms with Crippen LogP contribution >= 0.6 is 0 Å². The third-order valence-corrected chi connectivity index (χ3v) is 3.94. The van der Waals surface area contributed by atoms with Crippen LogP contribution in [0.2, 0.25) is 0 Å². The monoisotopic (exact) mass is 292 g/mol. The van der Waals surface area contributed by atoms with Gasteiger partial charge in [0.2, 0.25) is 0 Å². The van der Waals surface area contributed by atoms with Crippen LogP contribution in [0.15, 0.2) is 24.3 Å². The molecular weight excluding hydrogens is 259 g/mol. The van der Waals surface area contributed by atoms with Gasteiger partial charge in [-0.2, -0.15) is 0 Å². The van der Waals surface area contributed by atoms with Crippen LogP contribution in [0.1, 0.15) is 83.8 Å². The Morgan fingerprint density at radius 3 is 2.29 bits per heavy atom. The molecule has 0 aliphatic heterocycles. The normalized spacial score (nSPS) is 11.3. The first-order chi connectivity index (χ1) is 9.69. The molecule has 0 bridgehead atoms. The third-order valence-electron chi connectivity index (χ3n) is 3.94. The number of hydrogen-bond donors (Lipinski definition) is 0. The van der Waals surface area contributed by atoms with Crippen molar-refractivity contribution in [2.45, 2.75) is 79.6 Å². The molecule has 0 nitrogen and oxygen atoms in total. The lowest BCUT2D eigenvalue weighted by molar-refractivity contribution is 0.593.